The molecule has 124 valence electrons. The molecule has 6 nitrogen and oxygen atoms in total. The van der Waals surface area contributed by atoms with Gasteiger partial charge in [-0.15, -0.1) is 12.4 Å². The third-order valence-corrected chi connectivity index (χ3v) is 5.05. The second-order valence-corrected chi connectivity index (χ2v) is 7.00. The lowest BCUT2D eigenvalue weighted by molar-refractivity contribution is 0.0950. The minimum atomic E-state index is -3.48. The van der Waals surface area contributed by atoms with Crippen molar-refractivity contribution in [3.8, 4) is 0 Å². The molecule has 0 aliphatic heterocycles. The summed E-state index contributed by atoms with van der Waals surface area (Å²) < 4.78 is 26.0. The zero-order valence-electron chi connectivity index (χ0n) is 12.4. The van der Waals surface area contributed by atoms with Crippen LogP contribution in [0.25, 0.3) is 0 Å². The van der Waals surface area contributed by atoms with Crippen LogP contribution in [-0.2, 0) is 10.0 Å². The Morgan fingerprint density at radius 2 is 1.91 bits per heavy atom. The van der Waals surface area contributed by atoms with Crippen LogP contribution in [0, 0.1) is 5.92 Å². The van der Waals surface area contributed by atoms with Crippen molar-refractivity contribution in [1.82, 2.24) is 10.0 Å². The van der Waals surface area contributed by atoms with Gasteiger partial charge in [-0.3, -0.25) is 4.79 Å². The van der Waals surface area contributed by atoms with E-state index in [0.717, 1.165) is 12.8 Å². The maximum atomic E-state index is 11.9. The van der Waals surface area contributed by atoms with E-state index in [1.807, 2.05) is 0 Å². The summed E-state index contributed by atoms with van der Waals surface area (Å²) in [6.45, 7) is 2.48. The van der Waals surface area contributed by atoms with Gasteiger partial charge in [-0.25, -0.2) is 13.1 Å². The third kappa shape index (κ3) is 4.95. The van der Waals surface area contributed by atoms with Gasteiger partial charge in [0.2, 0.25) is 10.0 Å². The summed E-state index contributed by atoms with van der Waals surface area (Å²) in [4.78, 5) is 12.1. The summed E-state index contributed by atoms with van der Waals surface area (Å²) in [6, 6.07) is 5.86. The monoisotopic (exact) mass is 347 g/mol. The first-order valence-electron chi connectivity index (χ1n) is 7.07. The first kappa shape index (κ1) is 18.9. The molecule has 0 spiro atoms. The van der Waals surface area contributed by atoms with Gasteiger partial charge in [0.1, 0.15) is 0 Å². The smallest absolute Gasteiger partial charge is 0.251 e. The molecule has 1 aliphatic carbocycles. The molecular weight excluding hydrogens is 326 g/mol. The minimum Gasteiger partial charge on any atom is -0.350 e. The number of hydrogen-bond donors (Lipinski definition) is 3. The maximum absolute atomic E-state index is 11.9. The summed E-state index contributed by atoms with van der Waals surface area (Å²) in [7, 11) is -3.48. The normalized spacial score (nSPS) is 15.7. The van der Waals surface area contributed by atoms with Crippen LogP contribution in [-0.4, -0.2) is 33.5 Å². The second-order valence-electron chi connectivity index (χ2n) is 5.24. The van der Waals surface area contributed by atoms with Crippen molar-refractivity contribution in [3.05, 3.63) is 29.8 Å². The van der Waals surface area contributed by atoms with Crippen LogP contribution in [0.15, 0.2) is 29.2 Å². The molecule has 0 heterocycles. The molecule has 1 fully saturated rings. The highest BCUT2D eigenvalue weighted by molar-refractivity contribution is 7.89. The van der Waals surface area contributed by atoms with Crippen LogP contribution in [0.1, 0.15) is 30.1 Å². The predicted octanol–water partition coefficient (Wildman–Crippen LogP) is 0.874. The number of carbonyl (C=O) groups excluding carboxylic acids is 1. The molecular formula is C14H22ClN3O3S. The van der Waals surface area contributed by atoms with Crippen molar-refractivity contribution in [2.45, 2.75) is 30.7 Å². The summed E-state index contributed by atoms with van der Waals surface area (Å²) in [5.41, 5.74) is 6.34. The number of nitrogens with two attached hydrogens (primary N) is 1. The van der Waals surface area contributed by atoms with Crippen LogP contribution in [0.2, 0.25) is 0 Å². The highest BCUT2D eigenvalue weighted by Crippen LogP contribution is 2.31. The summed E-state index contributed by atoms with van der Waals surface area (Å²) in [6.07, 6.45) is 2.27. The molecule has 1 aromatic rings. The van der Waals surface area contributed by atoms with E-state index in [2.05, 4.69) is 10.0 Å². The zero-order valence-corrected chi connectivity index (χ0v) is 14.0. The molecule has 0 aromatic heterocycles. The summed E-state index contributed by atoms with van der Waals surface area (Å²) >= 11 is 0. The van der Waals surface area contributed by atoms with E-state index in [-0.39, 0.29) is 29.3 Å². The van der Waals surface area contributed by atoms with Gasteiger partial charge in [0.15, 0.2) is 0 Å². The molecule has 0 bridgehead atoms. The molecule has 1 saturated carbocycles. The maximum Gasteiger partial charge on any atom is 0.251 e. The quantitative estimate of drug-likeness (QED) is 0.681. The highest BCUT2D eigenvalue weighted by atomic mass is 35.5. The van der Waals surface area contributed by atoms with Gasteiger partial charge < -0.3 is 11.1 Å². The highest BCUT2D eigenvalue weighted by Gasteiger charge is 2.28. The van der Waals surface area contributed by atoms with Crippen molar-refractivity contribution in [3.63, 3.8) is 0 Å². The molecule has 22 heavy (non-hydrogen) atoms. The molecule has 1 aliphatic rings. The number of carbonyl (C=O) groups is 1. The Hall–Kier alpha value is -1.15. The van der Waals surface area contributed by atoms with E-state index in [4.69, 9.17) is 5.73 Å². The molecule has 2 rings (SSSR count). The fourth-order valence-electron chi connectivity index (χ4n) is 2.06. The molecule has 1 unspecified atom stereocenters. The van der Waals surface area contributed by atoms with Gasteiger partial charge in [0.25, 0.3) is 5.91 Å². The van der Waals surface area contributed by atoms with Crippen LogP contribution in [0.3, 0.4) is 0 Å². The molecule has 1 amide bonds. The Morgan fingerprint density at radius 1 is 1.32 bits per heavy atom. The fraction of sp³-hybridized carbons (Fsp3) is 0.500. The molecule has 0 radical (unpaired) electrons. The molecule has 8 heteroatoms. The SMILES string of the molecule is CCNS(=O)(=O)c1ccc(C(=O)NCC(N)C2CC2)cc1.Cl. The van der Waals surface area contributed by atoms with E-state index in [1.54, 1.807) is 6.92 Å². The first-order chi connectivity index (χ1) is 9.94. The number of halogens is 1. The van der Waals surface area contributed by atoms with Crippen LogP contribution >= 0.6 is 12.4 Å². The van der Waals surface area contributed by atoms with E-state index in [0.29, 0.717) is 24.6 Å². The zero-order chi connectivity index (χ0) is 15.5. The molecule has 1 atom stereocenters. The fourth-order valence-corrected chi connectivity index (χ4v) is 3.10. The van der Waals surface area contributed by atoms with Gasteiger partial charge in [-0.2, -0.15) is 0 Å². The molecule has 4 N–H and O–H groups in total. The first-order valence-corrected chi connectivity index (χ1v) is 8.56. The second kappa shape index (κ2) is 7.92. The Bertz CT molecular complexity index is 600. The Labute approximate surface area is 137 Å². The number of amides is 1. The minimum absolute atomic E-state index is 0. The molecule has 0 saturated heterocycles. The Kier molecular flexibility index (Phi) is 6.80. The van der Waals surface area contributed by atoms with Crippen LogP contribution < -0.4 is 15.8 Å². The van der Waals surface area contributed by atoms with Crippen molar-refractivity contribution in [2.24, 2.45) is 11.7 Å². The van der Waals surface area contributed by atoms with E-state index >= 15 is 0 Å². The number of hydrogen-bond acceptors (Lipinski definition) is 4. The van der Waals surface area contributed by atoms with E-state index < -0.39 is 10.0 Å². The van der Waals surface area contributed by atoms with Gasteiger partial charge in [-0.05, 0) is 43.0 Å². The average Bonchev–Trinajstić information content (AvgIpc) is 3.29. The standard InChI is InChI=1S/C14H21N3O3S.ClH/c1-2-17-21(19,20)12-7-5-11(6-8-12)14(18)16-9-13(15)10-3-4-10;/h5-8,10,13,17H,2-4,9,15H2,1H3,(H,16,18);1H. The predicted molar refractivity (Wildman–Crippen MR) is 87.6 cm³/mol. The average molecular weight is 348 g/mol. The van der Waals surface area contributed by atoms with E-state index in [1.165, 1.54) is 24.3 Å². The molecule has 1 aromatic carbocycles. The van der Waals surface area contributed by atoms with Gasteiger partial charge in [0.05, 0.1) is 4.90 Å². The van der Waals surface area contributed by atoms with Gasteiger partial charge in [0, 0.05) is 24.7 Å². The van der Waals surface area contributed by atoms with Gasteiger partial charge in [-0.1, -0.05) is 6.92 Å². The van der Waals surface area contributed by atoms with Crippen molar-refractivity contribution < 1.29 is 13.2 Å². The number of nitrogens with one attached hydrogen (secondary N) is 2. The summed E-state index contributed by atoms with van der Waals surface area (Å²) in [5, 5.41) is 2.77. The number of rotatable bonds is 7. The lowest BCUT2D eigenvalue weighted by atomic mass is 10.2. The van der Waals surface area contributed by atoms with Crippen molar-refractivity contribution in [2.75, 3.05) is 13.1 Å². The summed E-state index contributed by atoms with van der Waals surface area (Å²) in [5.74, 6) is 0.288. The Morgan fingerprint density at radius 3 is 2.41 bits per heavy atom. The van der Waals surface area contributed by atoms with Crippen LogP contribution in [0.4, 0.5) is 0 Å². The number of sulfonamides is 1. The lowest BCUT2D eigenvalue weighted by Gasteiger charge is -2.12. The lowest BCUT2D eigenvalue weighted by Crippen LogP contribution is -2.38. The van der Waals surface area contributed by atoms with Crippen LogP contribution in [0.5, 0.6) is 0 Å². The van der Waals surface area contributed by atoms with E-state index in [9.17, 15) is 13.2 Å². The van der Waals surface area contributed by atoms with Crippen molar-refractivity contribution in [1.29, 1.82) is 0 Å². The third-order valence-electron chi connectivity index (χ3n) is 3.49. The van der Waals surface area contributed by atoms with Crippen molar-refractivity contribution >= 4 is 28.3 Å². The number of benzene rings is 1. The Balaban J connectivity index is 0.00000242. The van der Waals surface area contributed by atoms with Gasteiger partial charge >= 0.3 is 0 Å². The topological polar surface area (TPSA) is 101 Å². The largest absolute Gasteiger partial charge is 0.350 e.